The van der Waals surface area contributed by atoms with E-state index in [9.17, 15) is 14.7 Å². The molecule has 3 rings (SSSR count). The first kappa shape index (κ1) is 14.8. The van der Waals surface area contributed by atoms with Crippen LogP contribution < -0.4 is 0 Å². The minimum atomic E-state index is -0.972. The molecule has 0 radical (unpaired) electrons. The van der Waals surface area contributed by atoms with Crippen molar-refractivity contribution in [2.45, 2.75) is 33.1 Å². The largest absolute Gasteiger partial charge is 0.478 e. The van der Waals surface area contributed by atoms with Gasteiger partial charge in [0.1, 0.15) is 0 Å². The van der Waals surface area contributed by atoms with Crippen molar-refractivity contribution in [3.8, 4) is 0 Å². The van der Waals surface area contributed by atoms with Crippen LogP contribution in [0.25, 0.3) is 6.08 Å². The molecule has 1 N–H and O–H groups in total. The van der Waals surface area contributed by atoms with Crippen molar-refractivity contribution < 1.29 is 14.7 Å². The van der Waals surface area contributed by atoms with Crippen molar-refractivity contribution in [3.05, 3.63) is 34.7 Å². The van der Waals surface area contributed by atoms with Crippen molar-refractivity contribution in [3.63, 3.8) is 0 Å². The quantitative estimate of drug-likeness (QED) is 0.910. The summed E-state index contributed by atoms with van der Waals surface area (Å²) in [6, 6.07) is 1.49. The summed E-state index contributed by atoms with van der Waals surface area (Å²) in [4.78, 5) is 30.0. The molecule has 0 spiro atoms. The Kier molecular flexibility index (Phi) is 3.51. The first-order valence-corrected chi connectivity index (χ1v) is 7.58. The Morgan fingerprint density at radius 2 is 1.95 bits per heavy atom. The van der Waals surface area contributed by atoms with Gasteiger partial charge in [-0.05, 0) is 36.0 Å². The van der Waals surface area contributed by atoms with Crippen LogP contribution in [0.5, 0.6) is 0 Å². The van der Waals surface area contributed by atoms with E-state index in [0.717, 1.165) is 25.9 Å². The van der Waals surface area contributed by atoms with Crippen molar-refractivity contribution >= 4 is 18.0 Å². The molecule has 1 saturated heterocycles. The third-order valence-corrected chi connectivity index (χ3v) is 4.68. The fraction of sp³-hybridized carbons (Fsp3) is 0.471. The SMILES string of the molecule is CC1(C)CCN(C(=O)C2=Cc3nccc(C(=O)O)c3C2)CC1. The zero-order chi connectivity index (χ0) is 15.9. The van der Waals surface area contributed by atoms with Gasteiger partial charge in [-0.1, -0.05) is 13.8 Å². The molecule has 22 heavy (non-hydrogen) atoms. The zero-order valence-corrected chi connectivity index (χ0v) is 12.9. The lowest BCUT2D eigenvalue weighted by atomic mass is 9.82. The Balaban J connectivity index is 1.77. The van der Waals surface area contributed by atoms with Crippen LogP contribution in [0.1, 0.15) is 48.3 Å². The third-order valence-electron chi connectivity index (χ3n) is 4.68. The van der Waals surface area contributed by atoms with Gasteiger partial charge in [0.2, 0.25) is 5.91 Å². The molecule has 5 heteroatoms. The topological polar surface area (TPSA) is 70.5 Å². The summed E-state index contributed by atoms with van der Waals surface area (Å²) in [7, 11) is 0. The normalized spacial score (nSPS) is 19.5. The maximum absolute atomic E-state index is 12.6. The number of fused-ring (bicyclic) bond motifs is 1. The number of piperidine rings is 1. The Morgan fingerprint density at radius 3 is 2.59 bits per heavy atom. The van der Waals surface area contributed by atoms with E-state index in [1.54, 1.807) is 6.08 Å². The van der Waals surface area contributed by atoms with Gasteiger partial charge in [-0.3, -0.25) is 9.78 Å². The maximum Gasteiger partial charge on any atom is 0.336 e. The summed E-state index contributed by atoms with van der Waals surface area (Å²) >= 11 is 0. The predicted octanol–water partition coefficient (Wildman–Crippen LogP) is 2.37. The summed E-state index contributed by atoms with van der Waals surface area (Å²) < 4.78 is 0. The lowest BCUT2D eigenvalue weighted by Gasteiger charge is -2.37. The van der Waals surface area contributed by atoms with Gasteiger partial charge in [0.15, 0.2) is 0 Å². The van der Waals surface area contributed by atoms with Gasteiger partial charge >= 0.3 is 5.97 Å². The number of hydrogen-bond acceptors (Lipinski definition) is 3. The molecule has 1 fully saturated rings. The van der Waals surface area contributed by atoms with Crippen LogP contribution in [0.4, 0.5) is 0 Å². The molecule has 0 unspecified atom stereocenters. The number of aromatic nitrogens is 1. The number of carboxylic acids is 1. The minimum absolute atomic E-state index is 0.0184. The number of nitrogens with zero attached hydrogens (tertiary/aromatic N) is 2. The minimum Gasteiger partial charge on any atom is -0.478 e. The molecule has 0 saturated carbocycles. The number of carbonyl (C=O) groups is 2. The molecule has 1 aromatic rings. The number of likely N-dealkylation sites (tertiary alicyclic amines) is 1. The summed E-state index contributed by atoms with van der Waals surface area (Å²) in [5.41, 5.74) is 2.44. The number of rotatable bonds is 2. The number of carboxylic acid groups (broad SMARTS) is 1. The van der Waals surface area contributed by atoms with E-state index in [4.69, 9.17) is 0 Å². The molecule has 2 heterocycles. The lowest BCUT2D eigenvalue weighted by molar-refractivity contribution is -0.129. The Hall–Kier alpha value is -2.17. The number of pyridine rings is 1. The standard InChI is InChI=1S/C17H20N2O3/c1-17(2)4-7-19(8-5-17)15(20)11-9-13-12(16(21)22)3-6-18-14(13)10-11/h3,6,10H,4-5,7-9H2,1-2H3,(H,21,22). The molecule has 0 aromatic carbocycles. The molecular formula is C17H20N2O3. The van der Waals surface area contributed by atoms with Crippen LogP contribution in [-0.4, -0.2) is 40.0 Å². The number of carbonyl (C=O) groups excluding carboxylic acids is 1. The molecule has 1 aromatic heterocycles. The van der Waals surface area contributed by atoms with E-state index in [2.05, 4.69) is 18.8 Å². The van der Waals surface area contributed by atoms with Crippen LogP contribution in [-0.2, 0) is 11.2 Å². The average molecular weight is 300 g/mol. The second-order valence-corrected chi connectivity index (χ2v) is 6.83. The Bertz CT molecular complexity index is 666. The average Bonchev–Trinajstić information content (AvgIpc) is 2.90. The van der Waals surface area contributed by atoms with Gasteiger partial charge in [-0.25, -0.2) is 4.79 Å². The molecule has 2 aliphatic rings. The molecule has 5 nitrogen and oxygen atoms in total. The highest BCUT2D eigenvalue weighted by atomic mass is 16.4. The number of aromatic carboxylic acids is 1. The monoisotopic (exact) mass is 300 g/mol. The molecule has 1 aliphatic carbocycles. The van der Waals surface area contributed by atoms with Gasteiger partial charge in [-0.2, -0.15) is 0 Å². The number of amides is 1. The van der Waals surface area contributed by atoms with Gasteiger partial charge in [0, 0.05) is 31.3 Å². The summed E-state index contributed by atoms with van der Waals surface area (Å²) in [6.07, 6.45) is 5.58. The zero-order valence-electron chi connectivity index (χ0n) is 12.9. The van der Waals surface area contributed by atoms with Crippen LogP contribution in [0.15, 0.2) is 17.8 Å². The smallest absolute Gasteiger partial charge is 0.336 e. The van der Waals surface area contributed by atoms with Crippen LogP contribution in [0, 0.1) is 5.41 Å². The van der Waals surface area contributed by atoms with E-state index < -0.39 is 5.97 Å². The van der Waals surface area contributed by atoms with E-state index in [0.29, 0.717) is 28.7 Å². The molecule has 1 aliphatic heterocycles. The predicted molar refractivity (Wildman–Crippen MR) is 82.5 cm³/mol. The molecule has 116 valence electrons. The molecule has 0 bridgehead atoms. The summed E-state index contributed by atoms with van der Waals surface area (Å²) in [5, 5.41) is 9.23. The van der Waals surface area contributed by atoms with Crippen LogP contribution in [0.2, 0.25) is 0 Å². The Labute approximate surface area is 129 Å². The van der Waals surface area contributed by atoms with E-state index in [1.165, 1.54) is 12.3 Å². The van der Waals surface area contributed by atoms with Gasteiger partial charge in [-0.15, -0.1) is 0 Å². The first-order valence-electron chi connectivity index (χ1n) is 7.58. The van der Waals surface area contributed by atoms with Crippen molar-refractivity contribution in [1.29, 1.82) is 0 Å². The molecular weight excluding hydrogens is 280 g/mol. The van der Waals surface area contributed by atoms with Crippen molar-refractivity contribution in [1.82, 2.24) is 9.88 Å². The van der Waals surface area contributed by atoms with E-state index in [-0.39, 0.29) is 11.5 Å². The molecule has 1 amide bonds. The van der Waals surface area contributed by atoms with Crippen LogP contribution >= 0.6 is 0 Å². The third kappa shape index (κ3) is 2.63. The van der Waals surface area contributed by atoms with Gasteiger partial charge in [0.05, 0.1) is 11.3 Å². The lowest BCUT2D eigenvalue weighted by Crippen LogP contribution is -2.41. The van der Waals surface area contributed by atoms with Gasteiger partial charge in [0.25, 0.3) is 0 Å². The summed E-state index contributed by atoms with van der Waals surface area (Å²) in [5.74, 6) is -0.953. The highest BCUT2D eigenvalue weighted by Crippen LogP contribution is 2.32. The van der Waals surface area contributed by atoms with Crippen molar-refractivity contribution in [2.24, 2.45) is 5.41 Å². The highest BCUT2D eigenvalue weighted by Gasteiger charge is 2.31. The van der Waals surface area contributed by atoms with E-state index >= 15 is 0 Å². The summed E-state index contributed by atoms with van der Waals surface area (Å²) in [6.45, 7) is 5.97. The highest BCUT2D eigenvalue weighted by molar-refractivity contribution is 6.02. The molecule has 0 atom stereocenters. The Morgan fingerprint density at radius 1 is 1.27 bits per heavy atom. The second-order valence-electron chi connectivity index (χ2n) is 6.83. The first-order chi connectivity index (χ1) is 10.4. The number of hydrogen-bond donors (Lipinski definition) is 1. The second kappa shape index (κ2) is 5.23. The fourth-order valence-electron chi connectivity index (χ4n) is 3.08. The fourth-order valence-corrected chi connectivity index (χ4v) is 3.08. The van der Waals surface area contributed by atoms with Crippen molar-refractivity contribution in [2.75, 3.05) is 13.1 Å². The van der Waals surface area contributed by atoms with Crippen LogP contribution in [0.3, 0.4) is 0 Å². The van der Waals surface area contributed by atoms with E-state index in [1.807, 2.05) is 4.90 Å². The maximum atomic E-state index is 12.6. The van der Waals surface area contributed by atoms with Gasteiger partial charge < -0.3 is 10.0 Å².